The number of nitrogens with zero attached hydrogens (tertiary/aromatic N) is 3. The summed E-state index contributed by atoms with van der Waals surface area (Å²) >= 11 is 0. The van der Waals surface area contributed by atoms with Crippen molar-refractivity contribution in [2.24, 2.45) is 5.11 Å². The Bertz CT molecular complexity index is 280. The van der Waals surface area contributed by atoms with E-state index in [1.54, 1.807) is 0 Å². The molecule has 0 bridgehead atoms. The van der Waals surface area contributed by atoms with Gasteiger partial charge in [0.25, 0.3) is 0 Å². The number of carbonyl (C=O) groups excluding carboxylic acids is 1. The van der Waals surface area contributed by atoms with Crippen molar-refractivity contribution in [3.05, 3.63) is 10.4 Å². The lowest BCUT2D eigenvalue weighted by Gasteiger charge is -2.14. The van der Waals surface area contributed by atoms with Gasteiger partial charge in [-0.25, -0.2) is 0 Å². The highest BCUT2D eigenvalue weighted by Crippen LogP contribution is 1.93. The van der Waals surface area contributed by atoms with E-state index in [0.29, 0.717) is 39.2 Å². The minimum Gasteiger partial charge on any atom is -0.379 e. The van der Waals surface area contributed by atoms with Gasteiger partial charge in [-0.2, -0.15) is 0 Å². The van der Waals surface area contributed by atoms with E-state index in [2.05, 4.69) is 22.3 Å². The summed E-state index contributed by atoms with van der Waals surface area (Å²) in [5.41, 5.74) is 8.08. The molecule has 0 heterocycles. The van der Waals surface area contributed by atoms with Gasteiger partial charge in [0.1, 0.15) is 0 Å². The first-order valence-electron chi connectivity index (χ1n) is 6.66. The Morgan fingerprint density at radius 1 is 1.37 bits per heavy atom. The average Bonchev–Trinajstić information content (AvgIpc) is 2.39. The van der Waals surface area contributed by atoms with Crippen LogP contribution in [-0.2, 0) is 14.3 Å². The summed E-state index contributed by atoms with van der Waals surface area (Å²) in [6.07, 6.45) is 1.93. The molecule has 0 aliphatic rings. The number of rotatable bonds is 12. The minimum absolute atomic E-state index is 0.0295. The zero-order chi connectivity index (χ0) is 14.3. The lowest BCUT2D eigenvalue weighted by molar-refractivity contribution is -0.122. The highest BCUT2D eigenvalue weighted by Gasteiger charge is 2.06. The second kappa shape index (κ2) is 13.1. The van der Waals surface area contributed by atoms with Crippen LogP contribution < -0.4 is 5.32 Å². The largest absolute Gasteiger partial charge is 0.379 e. The van der Waals surface area contributed by atoms with Crippen LogP contribution in [0.25, 0.3) is 10.4 Å². The van der Waals surface area contributed by atoms with Crippen molar-refractivity contribution in [1.29, 1.82) is 0 Å². The fraction of sp³-hybridized carbons (Fsp3) is 0.917. The molecule has 0 radical (unpaired) electrons. The second-order valence-corrected chi connectivity index (χ2v) is 4.21. The van der Waals surface area contributed by atoms with Crippen molar-refractivity contribution in [2.45, 2.75) is 39.2 Å². The summed E-state index contributed by atoms with van der Waals surface area (Å²) in [7, 11) is 0. The first-order valence-corrected chi connectivity index (χ1v) is 6.66. The maximum absolute atomic E-state index is 11.5. The van der Waals surface area contributed by atoms with Crippen LogP contribution in [-0.4, -0.2) is 44.9 Å². The molecule has 0 aliphatic carbocycles. The Morgan fingerprint density at radius 2 is 2.11 bits per heavy atom. The molecule has 1 N–H and O–H groups in total. The van der Waals surface area contributed by atoms with Gasteiger partial charge in [-0.05, 0) is 25.3 Å². The van der Waals surface area contributed by atoms with Gasteiger partial charge in [0.2, 0.25) is 5.91 Å². The van der Waals surface area contributed by atoms with Crippen LogP contribution in [0.5, 0.6) is 0 Å². The fourth-order valence-corrected chi connectivity index (χ4v) is 1.37. The standard InChI is InChI=1S/C12H24N4O3/c1-3-7-18-8-9-19-10-11(2)15-12(17)5-4-6-14-16-13/h11H,3-10H2,1-2H3,(H,15,17). The van der Waals surface area contributed by atoms with Gasteiger partial charge in [-0.15, -0.1) is 0 Å². The molecule has 7 nitrogen and oxygen atoms in total. The van der Waals surface area contributed by atoms with Gasteiger partial charge in [0.05, 0.1) is 19.8 Å². The molecule has 0 spiro atoms. The summed E-state index contributed by atoms with van der Waals surface area (Å²) in [4.78, 5) is 14.1. The molecule has 0 aromatic carbocycles. The molecule has 0 aliphatic heterocycles. The van der Waals surface area contributed by atoms with Crippen LogP contribution in [0, 0.1) is 0 Å². The van der Waals surface area contributed by atoms with E-state index in [-0.39, 0.29) is 11.9 Å². The first kappa shape index (κ1) is 17.7. The molecule has 1 unspecified atom stereocenters. The topological polar surface area (TPSA) is 96.3 Å². The van der Waals surface area contributed by atoms with Crippen LogP contribution in [0.4, 0.5) is 0 Å². The first-order chi connectivity index (χ1) is 9.20. The fourth-order valence-electron chi connectivity index (χ4n) is 1.37. The van der Waals surface area contributed by atoms with Crippen LogP contribution in [0.15, 0.2) is 5.11 Å². The molecule has 0 aromatic heterocycles. The molecule has 7 heteroatoms. The van der Waals surface area contributed by atoms with Crippen LogP contribution in [0.2, 0.25) is 0 Å². The molecule has 0 fully saturated rings. The van der Waals surface area contributed by atoms with Crippen molar-refractivity contribution in [3.8, 4) is 0 Å². The van der Waals surface area contributed by atoms with Gasteiger partial charge >= 0.3 is 0 Å². The smallest absolute Gasteiger partial charge is 0.220 e. The summed E-state index contributed by atoms with van der Waals surface area (Å²) < 4.78 is 10.6. The van der Waals surface area contributed by atoms with E-state index in [9.17, 15) is 4.79 Å². The molecule has 1 amide bonds. The number of nitrogens with one attached hydrogen (secondary N) is 1. The molecular formula is C12H24N4O3. The molecule has 19 heavy (non-hydrogen) atoms. The number of hydrogen-bond acceptors (Lipinski definition) is 4. The zero-order valence-corrected chi connectivity index (χ0v) is 11.8. The van der Waals surface area contributed by atoms with Gasteiger partial charge in [0, 0.05) is 30.5 Å². The van der Waals surface area contributed by atoms with Crippen LogP contribution >= 0.6 is 0 Å². The van der Waals surface area contributed by atoms with E-state index in [0.717, 1.165) is 13.0 Å². The number of azide groups is 1. The van der Waals surface area contributed by atoms with Crippen molar-refractivity contribution >= 4 is 5.91 Å². The maximum atomic E-state index is 11.5. The normalized spacial score (nSPS) is 11.7. The molecule has 110 valence electrons. The monoisotopic (exact) mass is 272 g/mol. The number of carbonyl (C=O) groups is 1. The summed E-state index contributed by atoms with van der Waals surface area (Å²) in [5, 5.41) is 6.19. The van der Waals surface area contributed by atoms with Crippen molar-refractivity contribution in [2.75, 3.05) is 33.0 Å². The number of amides is 1. The Morgan fingerprint density at radius 3 is 2.79 bits per heavy atom. The lowest BCUT2D eigenvalue weighted by atomic mass is 10.2. The van der Waals surface area contributed by atoms with Gasteiger partial charge < -0.3 is 14.8 Å². The number of ether oxygens (including phenoxy) is 2. The summed E-state index contributed by atoms with van der Waals surface area (Å²) in [6, 6.07) is -0.0295. The zero-order valence-electron chi connectivity index (χ0n) is 11.8. The predicted molar refractivity (Wildman–Crippen MR) is 72.8 cm³/mol. The Labute approximate surface area is 114 Å². The van der Waals surface area contributed by atoms with Crippen LogP contribution in [0.1, 0.15) is 33.1 Å². The average molecular weight is 272 g/mol. The highest BCUT2D eigenvalue weighted by atomic mass is 16.5. The van der Waals surface area contributed by atoms with E-state index in [1.165, 1.54) is 0 Å². The molecule has 0 saturated heterocycles. The molecule has 0 saturated carbocycles. The van der Waals surface area contributed by atoms with E-state index in [4.69, 9.17) is 15.0 Å². The molecule has 0 rings (SSSR count). The second-order valence-electron chi connectivity index (χ2n) is 4.21. The highest BCUT2D eigenvalue weighted by molar-refractivity contribution is 5.76. The van der Waals surface area contributed by atoms with Gasteiger partial charge in [-0.3, -0.25) is 4.79 Å². The Hall–Kier alpha value is -1.30. The van der Waals surface area contributed by atoms with Gasteiger partial charge in [-0.1, -0.05) is 12.0 Å². The third-order valence-electron chi connectivity index (χ3n) is 2.22. The van der Waals surface area contributed by atoms with E-state index < -0.39 is 0 Å². The Kier molecular flexibility index (Phi) is 12.2. The molecule has 1 atom stereocenters. The van der Waals surface area contributed by atoms with E-state index >= 15 is 0 Å². The quantitative estimate of drug-likeness (QED) is 0.255. The number of hydrogen-bond donors (Lipinski definition) is 1. The lowest BCUT2D eigenvalue weighted by Crippen LogP contribution is -2.36. The third kappa shape index (κ3) is 12.9. The van der Waals surface area contributed by atoms with Crippen LogP contribution in [0.3, 0.4) is 0 Å². The van der Waals surface area contributed by atoms with Crippen molar-refractivity contribution in [3.63, 3.8) is 0 Å². The molecule has 0 aromatic rings. The predicted octanol–water partition coefficient (Wildman–Crippen LogP) is 2.02. The van der Waals surface area contributed by atoms with Crippen molar-refractivity contribution < 1.29 is 14.3 Å². The van der Waals surface area contributed by atoms with Crippen molar-refractivity contribution in [1.82, 2.24) is 5.32 Å². The third-order valence-corrected chi connectivity index (χ3v) is 2.22. The Balaban J connectivity index is 3.43. The molecular weight excluding hydrogens is 248 g/mol. The van der Waals surface area contributed by atoms with Gasteiger partial charge in [0.15, 0.2) is 0 Å². The minimum atomic E-state index is -0.0496. The summed E-state index contributed by atoms with van der Waals surface area (Å²) in [5.74, 6) is -0.0496. The van der Waals surface area contributed by atoms with E-state index in [1.807, 2.05) is 6.92 Å². The maximum Gasteiger partial charge on any atom is 0.220 e. The summed E-state index contributed by atoms with van der Waals surface area (Å²) in [6.45, 7) is 6.64. The SMILES string of the molecule is CCCOCCOCC(C)NC(=O)CCCN=[N+]=[N-].